The average Bonchev–Trinajstić information content (AvgIpc) is 3.44. The van der Waals surface area contributed by atoms with Gasteiger partial charge in [0.1, 0.15) is 0 Å². The van der Waals surface area contributed by atoms with Crippen molar-refractivity contribution in [3.63, 3.8) is 0 Å². The summed E-state index contributed by atoms with van der Waals surface area (Å²) in [6.07, 6.45) is 8.45. The monoisotopic (exact) mass is 353 g/mol. The van der Waals surface area contributed by atoms with E-state index >= 15 is 0 Å². The zero-order chi connectivity index (χ0) is 18.5. The Morgan fingerprint density at radius 3 is 2.65 bits per heavy atom. The lowest BCUT2D eigenvalue weighted by atomic mass is 9.49. The molecule has 4 rings (SSSR count). The Morgan fingerprint density at radius 1 is 1.19 bits per heavy atom. The van der Waals surface area contributed by atoms with Crippen LogP contribution in [0.4, 0.5) is 0 Å². The Kier molecular flexibility index (Phi) is 4.44. The molecule has 26 heavy (non-hydrogen) atoms. The number of aryl methyl sites for hydroxylation is 1. The highest BCUT2D eigenvalue weighted by Gasteiger charge is 2.51. The lowest BCUT2D eigenvalue weighted by molar-refractivity contribution is -0.123. The van der Waals surface area contributed by atoms with Crippen molar-refractivity contribution in [1.82, 2.24) is 5.32 Å². The van der Waals surface area contributed by atoms with Gasteiger partial charge < -0.3 is 5.32 Å². The molecule has 0 aromatic heterocycles. The van der Waals surface area contributed by atoms with Gasteiger partial charge in [0.05, 0.1) is 0 Å². The second-order valence-electron chi connectivity index (χ2n) is 10.1. The van der Waals surface area contributed by atoms with E-state index in [1.807, 2.05) is 0 Å². The van der Waals surface area contributed by atoms with Crippen molar-refractivity contribution in [3.8, 4) is 0 Å². The Labute approximate surface area is 159 Å². The predicted octanol–water partition coefficient (Wildman–Crippen LogP) is 5.35. The van der Waals surface area contributed by atoms with Crippen LogP contribution in [-0.4, -0.2) is 12.5 Å². The molecule has 1 aromatic carbocycles. The van der Waals surface area contributed by atoms with E-state index in [0.717, 1.165) is 19.4 Å². The molecule has 3 aliphatic rings. The summed E-state index contributed by atoms with van der Waals surface area (Å²) in [6.45, 7) is 10.4. The topological polar surface area (TPSA) is 29.1 Å². The van der Waals surface area contributed by atoms with Crippen LogP contribution in [0.1, 0.15) is 88.8 Å². The van der Waals surface area contributed by atoms with Crippen LogP contribution in [0.15, 0.2) is 18.2 Å². The molecular weight excluding hydrogens is 318 g/mol. The summed E-state index contributed by atoms with van der Waals surface area (Å²) >= 11 is 0. The van der Waals surface area contributed by atoms with Gasteiger partial charge in [0.2, 0.25) is 5.91 Å². The van der Waals surface area contributed by atoms with E-state index in [-0.39, 0.29) is 10.8 Å². The first-order valence-corrected chi connectivity index (χ1v) is 10.7. The number of benzene rings is 1. The molecule has 2 saturated carbocycles. The third-order valence-corrected chi connectivity index (χ3v) is 7.79. The zero-order valence-corrected chi connectivity index (χ0v) is 17.0. The molecule has 2 nitrogen and oxygen atoms in total. The molecule has 2 fully saturated rings. The molecule has 0 heterocycles. The van der Waals surface area contributed by atoms with Crippen LogP contribution in [0.25, 0.3) is 0 Å². The van der Waals surface area contributed by atoms with Gasteiger partial charge in [-0.15, -0.1) is 0 Å². The number of fused-ring (bicyclic) bond motifs is 3. The standard InChI is InChI=1S/C24H35NO/c1-16(2)19-9-6-17-10-11-21-23(3,15-25-22(26)18-7-8-18)12-5-13-24(21,4)20(17)14-19/h6,9,14,16,18,21H,5,7-8,10-13,15H2,1-4H3,(H,25,26)/t21-,23-,24-/m0/s1. The van der Waals surface area contributed by atoms with Crippen molar-refractivity contribution >= 4 is 5.91 Å². The van der Waals surface area contributed by atoms with Crippen molar-refractivity contribution in [2.24, 2.45) is 17.3 Å². The number of hydrogen-bond acceptors (Lipinski definition) is 1. The fraction of sp³-hybridized carbons (Fsp3) is 0.708. The molecule has 0 spiro atoms. The third-order valence-electron chi connectivity index (χ3n) is 7.79. The van der Waals surface area contributed by atoms with Crippen LogP contribution in [0.5, 0.6) is 0 Å². The fourth-order valence-corrected chi connectivity index (χ4v) is 5.96. The van der Waals surface area contributed by atoms with E-state index in [9.17, 15) is 4.79 Å². The number of carbonyl (C=O) groups is 1. The molecular formula is C24H35NO. The van der Waals surface area contributed by atoms with Crippen molar-refractivity contribution in [2.45, 2.75) is 84.0 Å². The van der Waals surface area contributed by atoms with Crippen molar-refractivity contribution in [1.29, 1.82) is 0 Å². The van der Waals surface area contributed by atoms with Crippen LogP contribution in [0.2, 0.25) is 0 Å². The van der Waals surface area contributed by atoms with E-state index in [4.69, 9.17) is 0 Å². The largest absolute Gasteiger partial charge is 0.355 e. The first-order valence-electron chi connectivity index (χ1n) is 10.7. The predicted molar refractivity (Wildman–Crippen MR) is 107 cm³/mol. The highest BCUT2D eigenvalue weighted by molar-refractivity contribution is 5.80. The first kappa shape index (κ1) is 18.1. The van der Waals surface area contributed by atoms with E-state index in [0.29, 0.717) is 23.7 Å². The Balaban J connectivity index is 1.62. The molecule has 0 aliphatic heterocycles. The summed E-state index contributed by atoms with van der Waals surface area (Å²) in [7, 11) is 0. The maximum atomic E-state index is 12.2. The quantitative estimate of drug-likeness (QED) is 0.777. The first-order chi connectivity index (χ1) is 12.3. The number of hydrogen-bond donors (Lipinski definition) is 1. The SMILES string of the molecule is CC(C)c1ccc2c(c1)[C@]1(C)CCC[C@@](C)(CNC(=O)C3CC3)[C@@H]1CC2. The van der Waals surface area contributed by atoms with E-state index in [1.54, 1.807) is 11.1 Å². The smallest absolute Gasteiger partial charge is 0.223 e. The molecule has 1 amide bonds. The summed E-state index contributed by atoms with van der Waals surface area (Å²) in [5.74, 6) is 1.86. The van der Waals surface area contributed by atoms with E-state index < -0.39 is 0 Å². The normalized spacial score (nSPS) is 33.5. The minimum atomic E-state index is 0.225. The Morgan fingerprint density at radius 2 is 1.96 bits per heavy atom. The molecule has 0 unspecified atom stereocenters. The van der Waals surface area contributed by atoms with Crippen LogP contribution >= 0.6 is 0 Å². The second kappa shape index (κ2) is 6.39. The Hall–Kier alpha value is -1.31. The van der Waals surface area contributed by atoms with Crippen LogP contribution in [-0.2, 0) is 16.6 Å². The van der Waals surface area contributed by atoms with Crippen LogP contribution < -0.4 is 5.32 Å². The molecule has 3 atom stereocenters. The van der Waals surface area contributed by atoms with Gasteiger partial charge in [0.25, 0.3) is 0 Å². The maximum Gasteiger partial charge on any atom is 0.223 e. The molecule has 142 valence electrons. The summed E-state index contributed by atoms with van der Waals surface area (Å²) in [4.78, 5) is 12.2. The van der Waals surface area contributed by atoms with Crippen molar-refractivity contribution < 1.29 is 4.79 Å². The second-order valence-corrected chi connectivity index (χ2v) is 10.1. The average molecular weight is 354 g/mol. The van der Waals surface area contributed by atoms with Crippen molar-refractivity contribution in [3.05, 3.63) is 34.9 Å². The van der Waals surface area contributed by atoms with Gasteiger partial charge in [0.15, 0.2) is 0 Å². The minimum Gasteiger partial charge on any atom is -0.355 e. The lowest BCUT2D eigenvalue weighted by Gasteiger charge is -2.55. The maximum absolute atomic E-state index is 12.2. The summed E-state index contributed by atoms with van der Waals surface area (Å²) in [5.41, 5.74) is 5.14. The van der Waals surface area contributed by atoms with Gasteiger partial charge in [0, 0.05) is 12.5 Å². The van der Waals surface area contributed by atoms with E-state index in [2.05, 4.69) is 51.2 Å². The molecule has 1 aromatic rings. The van der Waals surface area contributed by atoms with Gasteiger partial charge in [-0.1, -0.05) is 52.3 Å². The summed E-state index contributed by atoms with van der Waals surface area (Å²) in [6, 6.07) is 7.25. The lowest BCUT2D eigenvalue weighted by Crippen LogP contribution is -2.53. The number of rotatable bonds is 4. The van der Waals surface area contributed by atoms with Gasteiger partial charge in [-0.2, -0.15) is 0 Å². The molecule has 2 heteroatoms. The van der Waals surface area contributed by atoms with Crippen LogP contribution in [0.3, 0.4) is 0 Å². The highest BCUT2D eigenvalue weighted by Crippen LogP contribution is 2.57. The molecule has 0 saturated heterocycles. The van der Waals surface area contributed by atoms with Gasteiger partial charge in [-0.05, 0) is 77.9 Å². The Bertz CT molecular complexity index is 704. The molecule has 1 N–H and O–H groups in total. The molecule has 0 bridgehead atoms. The van der Waals surface area contributed by atoms with E-state index in [1.165, 1.54) is 37.7 Å². The molecule has 0 radical (unpaired) electrons. The summed E-state index contributed by atoms with van der Waals surface area (Å²) < 4.78 is 0. The number of amides is 1. The third kappa shape index (κ3) is 3.00. The number of nitrogens with one attached hydrogen (secondary N) is 1. The minimum absolute atomic E-state index is 0.225. The van der Waals surface area contributed by atoms with Gasteiger partial charge >= 0.3 is 0 Å². The number of carbonyl (C=O) groups excluding carboxylic acids is 1. The molecule has 3 aliphatic carbocycles. The highest BCUT2D eigenvalue weighted by atomic mass is 16.2. The zero-order valence-electron chi connectivity index (χ0n) is 17.0. The fourth-order valence-electron chi connectivity index (χ4n) is 5.96. The van der Waals surface area contributed by atoms with Gasteiger partial charge in [-0.25, -0.2) is 0 Å². The van der Waals surface area contributed by atoms with Crippen LogP contribution in [0, 0.1) is 17.3 Å². The van der Waals surface area contributed by atoms with Gasteiger partial charge in [-0.3, -0.25) is 4.79 Å². The summed E-state index contributed by atoms with van der Waals surface area (Å²) in [5, 5.41) is 3.32. The van der Waals surface area contributed by atoms with Crippen molar-refractivity contribution in [2.75, 3.05) is 6.54 Å².